The summed E-state index contributed by atoms with van der Waals surface area (Å²) in [6.07, 6.45) is 4.59. The van der Waals surface area contributed by atoms with Gasteiger partial charge in [-0.25, -0.2) is 4.39 Å². The molecule has 1 aromatic rings. The van der Waals surface area contributed by atoms with Crippen LogP contribution in [0, 0.1) is 17.7 Å². The number of hydrogen-bond acceptors (Lipinski definition) is 6. The van der Waals surface area contributed by atoms with Gasteiger partial charge in [-0.2, -0.15) is 0 Å². The van der Waals surface area contributed by atoms with Crippen molar-refractivity contribution in [1.29, 1.82) is 0 Å². The fourth-order valence-corrected chi connectivity index (χ4v) is 3.65. The number of fused-ring (bicyclic) bond motifs is 1. The molecular formula is C22H24FN3O6. The van der Waals surface area contributed by atoms with Crippen molar-refractivity contribution < 1.29 is 33.1 Å². The third-order valence-electron chi connectivity index (χ3n) is 5.43. The molecule has 0 aromatic heterocycles. The number of likely N-dealkylation sites (N-methyl/N-ethyl adjacent to an activating group) is 1. The number of allylic oxidation sites excluding steroid dienone is 2. The van der Waals surface area contributed by atoms with Gasteiger partial charge in [-0.15, -0.1) is 0 Å². The summed E-state index contributed by atoms with van der Waals surface area (Å²) in [5.41, 5.74) is 0.380. The van der Waals surface area contributed by atoms with Crippen LogP contribution < -0.4 is 5.32 Å². The third kappa shape index (κ3) is 5.57. The van der Waals surface area contributed by atoms with Crippen molar-refractivity contribution in [3.8, 4) is 0 Å². The first-order valence-corrected chi connectivity index (χ1v) is 10.2. The number of hydrogen-bond donors (Lipinski definition) is 1. The number of carbonyl (C=O) groups is 5. The molecule has 1 aromatic carbocycles. The molecule has 1 aliphatic carbocycles. The van der Waals surface area contributed by atoms with Gasteiger partial charge >= 0.3 is 5.97 Å². The van der Waals surface area contributed by atoms with E-state index in [1.165, 1.54) is 31.3 Å². The Balaban J connectivity index is 1.38. The minimum Gasteiger partial charge on any atom is -0.456 e. The van der Waals surface area contributed by atoms with E-state index in [9.17, 15) is 28.4 Å². The second-order valence-corrected chi connectivity index (χ2v) is 7.70. The average Bonchev–Trinajstić information content (AvgIpc) is 3.02. The predicted octanol–water partition coefficient (Wildman–Crippen LogP) is 1.11. The van der Waals surface area contributed by atoms with Crippen LogP contribution in [0.4, 0.5) is 10.1 Å². The van der Waals surface area contributed by atoms with Crippen molar-refractivity contribution in [3.05, 3.63) is 42.2 Å². The summed E-state index contributed by atoms with van der Waals surface area (Å²) in [5.74, 6) is -3.54. The van der Waals surface area contributed by atoms with E-state index in [-0.39, 0.29) is 43.2 Å². The van der Waals surface area contributed by atoms with Crippen LogP contribution in [0.3, 0.4) is 0 Å². The highest BCUT2D eigenvalue weighted by Gasteiger charge is 2.46. The van der Waals surface area contributed by atoms with Crippen LogP contribution in [0.25, 0.3) is 0 Å². The highest BCUT2D eigenvalue weighted by molar-refractivity contribution is 6.05. The maximum atomic E-state index is 12.9. The van der Waals surface area contributed by atoms with E-state index in [1.54, 1.807) is 0 Å². The zero-order valence-electron chi connectivity index (χ0n) is 17.6. The van der Waals surface area contributed by atoms with Crippen molar-refractivity contribution in [2.45, 2.75) is 19.3 Å². The number of nitrogens with one attached hydrogen (secondary N) is 1. The molecular weight excluding hydrogens is 421 g/mol. The maximum Gasteiger partial charge on any atom is 0.308 e. The monoisotopic (exact) mass is 445 g/mol. The number of esters is 1. The van der Waals surface area contributed by atoms with E-state index in [0.717, 1.165) is 9.80 Å². The lowest BCUT2D eigenvalue weighted by atomic mass is 9.85. The molecule has 0 spiro atoms. The molecule has 1 saturated heterocycles. The smallest absolute Gasteiger partial charge is 0.308 e. The van der Waals surface area contributed by atoms with Crippen LogP contribution in [0.5, 0.6) is 0 Å². The summed E-state index contributed by atoms with van der Waals surface area (Å²) in [6, 6.07) is 5.16. The Morgan fingerprint density at radius 2 is 1.69 bits per heavy atom. The summed E-state index contributed by atoms with van der Waals surface area (Å²) in [6.45, 7) is -0.953. The quantitative estimate of drug-likeness (QED) is 0.364. The first-order valence-electron chi connectivity index (χ1n) is 10.2. The number of rotatable bonds is 8. The first-order chi connectivity index (χ1) is 15.3. The number of amides is 4. The third-order valence-corrected chi connectivity index (χ3v) is 5.43. The second-order valence-electron chi connectivity index (χ2n) is 7.70. The molecule has 10 heteroatoms. The van der Waals surface area contributed by atoms with Crippen LogP contribution in [-0.2, 0) is 28.7 Å². The molecule has 1 aliphatic heterocycles. The van der Waals surface area contributed by atoms with Gasteiger partial charge in [-0.05, 0) is 37.1 Å². The van der Waals surface area contributed by atoms with E-state index in [0.29, 0.717) is 18.5 Å². The summed E-state index contributed by atoms with van der Waals surface area (Å²) < 4.78 is 17.8. The van der Waals surface area contributed by atoms with E-state index < -0.39 is 30.2 Å². The van der Waals surface area contributed by atoms with Gasteiger partial charge in [-0.1, -0.05) is 12.2 Å². The normalized spacial score (nSPS) is 19.5. The highest BCUT2D eigenvalue weighted by Crippen LogP contribution is 2.34. The maximum absolute atomic E-state index is 12.9. The Labute approximate surface area is 184 Å². The Morgan fingerprint density at radius 3 is 2.28 bits per heavy atom. The van der Waals surface area contributed by atoms with Crippen molar-refractivity contribution >= 4 is 35.3 Å². The second kappa shape index (κ2) is 10.2. The van der Waals surface area contributed by atoms with Crippen molar-refractivity contribution in [2.24, 2.45) is 11.8 Å². The number of anilines is 1. The number of likely N-dealkylation sites (tertiary alicyclic amines) is 1. The molecule has 0 bridgehead atoms. The minimum atomic E-state index is -0.726. The van der Waals surface area contributed by atoms with Gasteiger partial charge in [0.05, 0.1) is 24.8 Å². The van der Waals surface area contributed by atoms with Gasteiger partial charge in [0.15, 0.2) is 6.61 Å². The van der Waals surface area contributed by atoms with E-state index in [2.05, 4.69) is 5.32 Å². The molecule has 2 atom stereocenters. The molecule has 1 fully saturated rings. The molecule has 0 saturated carbocycles. The zero-order valence-corrected chi connectivity index (χ0v) is 17.6. The summed E-state index contributed by atoms with van der Waals surface area (Å²) in [4.78, 5) is 63.0. The lowest BCUT2D eigenvalue weighted by molar-refractivity contribution is -0.152. The summed E-state index contributed by atoms with van der Waals surface area (Å²) >= 11 is 0. The van der Waals surface area contributed by atoms with E-state index in [4.69, 9.17) is 4.74 Å². The Morgan fingerprint density at radius 1 is 1.09 bits per heavy atom. The number of halogens is 1. The fraction of sp³-hybridized carbons (Fsp3) is 0.409. The molecule has 32 heavy (non-hydrogen) atoms. The SMILES string of the molecule is CN(CC(=O)Nc1ccc(F)cc1)C(=O)COC(=O)CCN1C(=O)[C@H]2CC=CC[C@H]2C1=O. The van der Waals surface area contributed by atoms with Crippen molar-refractivity contribution in [2.75, 3.05) is 32.1 Å². The van der Waals surface area contributed by atoms with Crippen LogP contribution in [-0.4, -0.2) is 66.1 Å². The zero-order chi connectivity index (χ0) is 23.3. The van der Waals surface area contributed by atoms with Crippen LogP contribution in [0.2, 0.25) is 0 Å². The van der Waals surface area contributed by atoms with Crippen LogP contribution in [0.15, 0.2) is 36.4 Å². The molecule has 0 unspecified atom stereocenters. The molecule has 1 heterocycles. The average molecular weight is 445 g/mol. The number of ether oxygens (including phenoxy) is 1. The lowest BCUT2D eigenvalue weighted by Gasteiger charge is -2.17. The van der Waals surface area contributed by atoms with Gasteiger partial charge in [0, 0.05) is 19.3 Å². The van der Waals surface area contributed by atoms with Gasteiger partial charge in [0.1, 0.15) is 5.82 Å². The molecule has 3 rings (SSSR count). The molecule has 0 radical (unpaired) electrons. The lowest BCUT2D eigenvalue weighted by Crippen LogP contribution is -2.38. The molecule has 9 nitrogen and oxygen atoms in total. The molecule has 170 valence electrons. The molecule has 2 aliphatic rings. The number of benzene rings is 1. The van der Waals surface area contributed by atoms with Gasteiger partial charge in [-0.3, -0.25) is 28.9 Å². The highest BCUT2D eigenvalue weighted by atomic mass is 19.1. The molecule has 4 amide bonds. The van der Waals surface area contributed by atoms with Gasteiger partial charge in [0.25, 0.3) is 5.91 Å². The largest absolute Gasteiger partial charge is 0.456 e. The standard InChI is InChI=1S/C22H24FN3O6/c1-25(12-18(27)24-15-8-6-14(23)7-9-15)19(28)13-32-20(29)10-11-26-21(30)16-4-2-3-5-17(16)22(26)31/h2-3,6-9,16-17H,4-5,10-13H2,1H3,(H,24,27)/t16-,17+. The molecule has 1 N–H and O–H groups in total. The van der Waals surface area contributed by atoms with Crippen LogP contribution >= 0.6 is 0 Å². The minimum absolute atomic E-state index is 0.0897. The fourth-order valence-electron chi connectivity index (χ4n) is 3.65. The van der Waals surface area contributed by atoms with Crippen molar-refractivity contribution in [1.82, 2.24) is 9.80 Å². The van der Waals surface area contributed by atoms with Gasteiger partial charge in [0.2, 0.25) is 17.7 Å². The van der Waals surface area contributed by atoms with Gasteiger partial charge < -0.3 is 15.0 Å². The Bertz CT molecular complexity index is 919. The first kappa shape index (κ1) is 23.1. The van der Waals surface area contributed by atoms with E-state index in [1.807, 2.05) is 12.2 Å². The number of carbonyl (C=O) groups excluding carboxylic acids is 5. The topological polar surface area (TPSA) is 113 Å². The summed E-state index contributed by atoms with van der Waals surface area (Å²) in [7, 11) is 1.37. The predicted molar refractivity (Wildman–Crippen MR) is 110 cm³/mol. The van der Waals surface area contributed by atoms with E-state index >= 15 is 0 Å². The Hall–Kier alpha value is -3.56. The number of imide groups is 1. The Kier molecular flexibility index (Phi) is 7.34. The van der Waals surface area contributed by atoms with Crippen LogP contribution in [0.1, 0.15) is 19.3 Å². The summed E-state index contributed by atoms with van der Waals surface area (Å²) in [5, 5.41) is 2.52. The number of nitrogens with zero attached hydrogens (tertiary/aromatic N) is 2. The van der Waals surface area contributed by atoms with Crippen molar-refractivity contribution in [3.63, 3.8) is 0 Å².